The number of carbonyl (C=O) groups excluding carboxylic acids is 1. The molecule has 1 aromatic heterocycles. The van der Waals surface area contributed by atoms with E-state index >= 15 is 0 Å². The molecule has 7 nitrogen and oxygen atoms in total. The summed E-state index contributed by atoms with van der Waals surface area (Å²) in [7, 11) is 1.62. The Hall–Kier alpha value is -3.91. The number of benzene rings is 3. The highest BCUT2D eigenvalue weighted by molar-refractivity contribution is 7.99. The van der Waals surface area contributed by atoms with Gasteiger partial charge in [0.05, 0.1) is 19.1 Å². The van der Waals surface area contributed by atoms with Gasteiger partial charge in [0.15, 0.2) is 11.0 Å². The molecule has 0 aliphatic rings. The van der Waals surface area contributed by atoms with Crippen molar-refractivity contribution in [3.8, 4) is 22.8 Å². The van der Waals surface area contributed by atoms with Crippen LogP contribution in [0, 0.1) is 6.92 Å². The lowest BCUT2D eigenvalue weighted by molar-refractivity contribution is -0.118. The van der Waals surface area contributed by atoms with E-state index in [0.717, 1.165) is 34.0 Å². The molecule has 4 aromatic rings. The van der Waals surface area contributed by atoms with E-state index in [0.29, 0.717) is 5.16 Å². The SMILES string of the molecule is COc1ccc(C=NNC(=O)CSc2nnc(-c3ccc(C(C)(C)C)cc3)n2-c2ccc(C)cc2)cc1. The van der Waals surface area contributed by atoms with Crippen molar-refractivity contribution < 1.29 is 9.53 Å². The van der Waals surface area contributed by atoms with Crippen molar-refractivity contribution in [3.05, 3.63) is 89.5 Å². The summed E-state index contributed by atoms with van der Waals surface area (Å²) in [5.41, 5.74) is 7.80. The minimum absolute atomic E-state index is 0.0629. The van der Waals surface area contributed by atoms with E-state index in [1.54, 1.807) is 13.3 Å². The van der Waals surface area contributed by atoms with Crippen molar-refractivity contribution in [1.29, 1.82) is 0 Å². The van der Waals surface area contributed by atoms with E-state index < -0.39 is 0 Å². The maximum atomic E-state index is 12.5. The maximum Gasteiger partial charge on any atom is 0.250 e. The molecule has 0 saturated carbocycles. The summed E-state index contributed by atoms with van der Waals surface area (Å²) in [4.78, 5) is 12.5. The van der Waals surface area contributed by atoms with E-state index in [2.05, 4.69) is 84.8 Å². The average Bonchev–Trinajstić information content (AvgIpc) is 3.32. The highest BCUT2D eigenvalue weighted by Gasteiger charge is 2.19. The molecule has 0 aliphatic carbocycles. The largest absolute Gasteiger partial charge is 0.497 e. The van der Waals surface area contributed by atoms with Crippen molar-refractivity contribution in [2.24, 2.45) is 5.10 Å². The second kappa shape index (κ2) is 11.4. The number of hydrazone groups is 1. The molecule has 0 saturated heterocycles. The second-order valence-corrected chi connectivity index (χ2v) is 10.6. The van der Waals surface area contributed by atoms with Gasteiger partial charge in [0.2, 0.25) is 0 Å². The molecule has 0 aliphatic heterocycles. The molecule has 1 N–H and O–H groups in total. The number of amides is 1. The molecule has 0 radical (unpaired) electrons. The van der Waals surface area contributed by atoms with Gasteiger partial charge in [0, 0.05) is 11.3 Å². The molecule has 0 unspecified atom stereocenters. The van der Waals surface area contributed by atoms with Crippen LogP contribution >= 0.6 is 11.8 Å². The number of ether oxygens (including phenoxy) is 1. The molecule has 0 spiro atoms. The fourth-order valence-corrected chi connectivity index (χ4v) is 4.37. The van der Waals surface area contributed by atoms with Gasteiger partial charge >= 0.3 is 0 Å². The van der Waals surface area contributed by atoms with Gasteiger partial charge in [0.25, 0.3) is 5.91 Å². The van der Waals surface area contributed by atoms with Crippen molar-refractivity contribution in [3.63, 3.8) is 0 Å². The van der Waals surface area contributed by atoms with E-state index in [1.165, 1.54) is 17.3 Å². The highest BCUT2D eigenvalue weighted by Crippen LogP contribution is 2.30. The summed E-state index contributed by atoms with van der Waals surface area (Å²) in [6.45, 7) is 8.63. The number of hydrogen-bond donors (Lipinski definition) is 1. The van der Waals surface area contributed by atoms with Crippen LogP contribution in [0.3, 0.4) is 0 Å². The van der Waals surface area contributed by atoms with E-state index in [9.17, 15) is 4.79 Å². The van der Waals surface area contributed by atoms with Gasteiger partial charge in [-0.05, 0) is 59.9 Å². The first-order valence-electron chi connectivity index (χ1n) is 12.0. The predicted molar refractivity (Wildman–Crippen MR) is 150 cm³/mol. The van der Waals surface area contributed by atoms with Crippen molar-refractivity contribution >= 4 is 23.9 Å². The molecule has 1 heterocycles. The Morgan fingerprint density at radius 2 is 1.68 bits per heavy atom. The molecule has 0 bridgehead atoms. The van der Waals surface area contributed by atoms with Crippen LogP contribution in [0.4, 0.5) is 0 Å². The molecule has 0 fully saturated rings. The fourth-order valence-electron chi connectivity index (χ4n) is 3.63. The van der Waals surface area contributed by atoms with Crippen LogP contribution in [0.15, 0.2) is 83.1 Å². The molecule has 8 heteroatoms. The number of rotatable bonds is 8. The lowest BCUT2D eigenvalue weighted by Gasteiger charge is -2.19. The minimum Gasteiger partial charge on any atom is -0.497 e. The first kappa shape index (κ1) is 26.2. The van der Waals surface area contributed by atoms with Gasteiger partial charge in [0.1, 0.15) is 5.75 Å². The molecule has 1 amide bonds. The van der Waals surface area contributed by atoms with E-state index in [4.69, 9.17) is 4.74 Å². The molecule has 4 rings (SSSR count). The summed E-state index contributed by atoms with van der Waals surface area (Å²) >= 11 is 1.32. The van der Waals surface area contributed by atoms with Crippen LogP contribution in [0.5, 0.6) is 5.75 Å². The number of hydrogen-bond acceptors (Lipinski definition) is 6. The lowest BCUT2D eigenvalue weighted by atomic mass is 9.87. The third kappa shape index (κ3) is 6.65. The Morgan fingerprint density at radius 1 is 1.00 bits per heavy atom. The Bertz CT molecular complexity index is 1370. The maximum absolute atomic E-state index is 12.5. The number of methoxy groups -OCH3 is 1. The highest BCUT2D eigenvalue weighted by atomic mass is 32.2. The number of nitrogens with one attached hydrogen (secondary N) is 1. The van der Waals surface area contributed by atoms with Crippen LogP contribution in [0.2, 0.25) is 0 Å². The Kier molecular flexibility index (Phi) is 8.08. The van der Waals surface area contributed by atoms with Gasteiger partial charge in [-0.1, -0.05) is 74.5 Å². The van der Waals surface area contributed by atoms with E-state index in [-0.39, 0.29) is 17.1 Å². The summed E-state index contributed by atoms with van der Waals surface area (Å²) in [6.07, 6.45) is 1.59. The number of carbonyl (C=O) groups is 1. The molecule has 190 valence electrons. The Morgan fingerprint density at radius 3 is 2.30 bits per heavy atom. The zero-order valence-corrected chi connectivity index (χ0v) is 22.5. The first-order valence-corrected chi connectivity index (χ1v) is 13.0. The number of nitrogens with zero attached hydrogens (tertiary/aromatic N) is 4. The Balaban J connectivity index is 1.51. The van der Waals surface area contributed by atoms with Crippen LogP contribution in [-0.2, 0) is 10.2 Å². The van der Waals surface area contributed by atoms with Gasteiger partial charge in [-0.25, -0.2) is 5.43 Å². The predicted octanol–water partition coefficient (Wildman–Crippen LogP) is 5.79. The van der Waals surface area contributed by atoms with Gasteiger partial charge < -0.3 is 4.74 Å². The summed E-state index contributed by atoms with van der Waals surface area (Å²) < 4.78 is 7.14. The summed E-state index contributed by atoms with van der Waals surface area (Å²) in [5.74, 6) is 1.40. The molecule has 0 atom stereocenters. The fraction of sp³-hybridized carbons (Fsp3) is 0.241. The van der Waals surface area contributed by atoms with Crippen LogP contribution < -0.4 is 10.2 Å². The number of thioether (sulfide) groups is 1. The standard InChI is InChI=1S/C29H31N5O2S/c1-20-6-14-24(15-7-20)34-27(22-10-12-23(13-11-22)29(2,3)4)32-33-28(34)37-19-26(35)31-30-18-21-8-16-25(36-5)17-9-21/h6-18H,19H2,1-5H3,(H,31,35). The zero-order chi connectivity index (χ0) is 26.4. The second-order valence-electron chi connectivity index (χ2n) is 9.66. The van der Waals surface area contributed by atoms with Gasteiger partial charge in [-0.3, -0.25) is 9.36 Å². The number of aromatic nitrogens is 3. The van der Waals surface area contributed by atoms with Crippen LogP contribution in [0.25, 0.3) is 17.1 Å². The number of aryl methyl sites for hydroxylation is 1. The molecular weight excluding hydrogens is 482 g/mol. The van der Waals surface area contributed by atoms with Crippen molar-refractivity contribution in [2.75, 3.05) is 12.9 Å². The Labute approximate surface area is 222 Å². The normalized spacial score (nSPS) is 11.6. The third-order valence-corrected chi connectivity index (χ3v) is 6.71. The minimum atomic E-state index is -0.232. The molecular formula is C29H31N5O2S. The molecule has 3 aromatic carbocycles. The topological polar surface area (TPSA) is 81.4 Å². The molecule has 37 heavy (non-hydrogen) atoms. The monoisotopic (exact) mass is 513 g/mol. The smallest absolute Gasteiger partial charge is 0.250 e. The average molecular weight is 514 g/mol. The quantitative estimate of drug-likeness (QED) is 0.183. The van der Waals surface area contributed by atoms with Crippen LogP contribution in [0.1, 0.15) is 37.5 Å². The zero-order valence-electron chi connectivity index (χ0n) is 21.7. The van der Waals surface area contributed by atoms with Crippen molar-refractivity contribution in [1.82, 2.24) is 20.2 Å². The van der Waals surface area contributed by atoms with E-state index in [1.807, 2.05) is 41.0 Å². The third-order valence-electron chi connectivity index (χ3n) is 5.79. The lowest BCUT2D eigenvalue weighted by Crippen LogP contribution is -2.20. The van der Waals surface area contributed by atoms with Crippen molar-refractivity contribution in [2.45, 2.75) is 38.3 Å². The van der Waals surface area contributed by atoms with Gasteiger partial charge in [-0.2, -0.15) is 5.10 Å². The van der Waals surface area contributed by atoms with Gasteiger partial charge in [-0.15, -0.1) is 10.2 Å². The summed E-state index contributed by atoms with van der Waals surface area (Å²) in [5, 5.41) is 13.6. The summed E-state index contributed by atoms with van der Waals surface area (Å²) in [6, 6.07) is 24.0. The first-order chi connectivity index (χ1) is 17.7. The van der Waals surface area contributed by atoms with Crippen LogP contribution in [-0.4, -0.2) is 39.7 Å².